The molecule has 1 atom stereocenters. The van der Waals surface area contributed by atoms with Gasteiger partial charge < -0.3 is 5.32 Å². The number of carbonyl (C=O) groups excluding carboxylic acids is 2. The summed E-state index contributed by atoms with van der Waals surface area (Å²) in [4.78, 5) is 34.2. The minimum absolute atomic E-state index is 0.134. The molecule has 1 amide bonds. The average Bonchev–Trinajstić information content (AvgIpc) is 2.53. The number of rotatable bonds is 5. The molecule has 2 aromatic rings. The molecular formula is C16H13ClN2O4. The highest BCUT2D eigenvalue weighted by Gasteiger charge is 2.25. The van der Waals surface area contributed by atoms with E-state index >= 15 is 0 Å². The number of non-ortho nitro benzene ring substituents is 1. The molecule has 118 valence electrons. The van der Waals surface area contributed by atoms with Crippen molar-refractivity contribution in [1.29, 1.82) is 0 Å². The molecule has 0 radical (unpaired) electrons. The van der Waals surface area contributed by atoms with Crippen LogP contribution in [0.2, 0.25) is 0 Å². The molecule has 0 heterocycles. The zero-order chi connectivity index (χ0) is 17.0. The Morgan fingerprint density at radius 1 is 1.17 bits per heavy atom. The summed E-state index contributed by atoms with van der Waals surface area (Å²) in [6.45, 7) is 1.87. The molecule has 0 unspecified atom stereocenters. The van der Waals surface area contributed by atoms with Crippen molar-refractivity contribution in [3.63, 3.8) is 0 Å². The third kappa shape index (κ3) is 4.14. The highest BCUT2D eigenvalue weighted by Crippen LogP contribution is 2.17. The van der Waals surface area contributed by atoms with E-state index in [1.165, 1.54) is 24.3 Å². The lowest BCUT2D eigenvalue weighted by Crippen LogP contribution is -2.30. The van der Waals surface area contributed by atoms with E-state index in [0.717, 1.165) is 5.56 Å². The third-order valence-electron chi connectivity index (χ3n) is 3.11. The first kappa shape index (κ1) is 16.6. The van der Waals surface area contributed by atoms with E-state index in [2.05, 4.69) is 5.32 Å². The zero-order valence-corrected chi connectivity index (χ0v) is 12.9. The molecule has 0 aliphatic carbocycles. The lowest BCUT2D eigenvalue weighted by atomic mass is 10.1. The second-order valence-corrected chi connectivity index (χ2v) is 5.33. The minimum atomic E-state index is -1.42. The maximum atomic E-state index is 12.2. The number of nitro groups is 1. The van der Waals surface area contributed by atoms with Crippen LogP contribution < -0.4 is 5.32 Å². The number of nitrogens with one attached hydrogen (secondary N) is 1. The Kier molecular flexibility index (Phi) is 5.08. The van der Waals surface area contributed by atoms with Gasteiger partial charge in [-0.15, -0.1) is 11.6 Å². The van der Waals surface area contributed by atoms with Crippen molar-refractivity contribution >= 4 is 34.7 Å². The smallest absolute Gasteiger partial charge is 0.269 e. The van der Waals surface area contributed by atoms with E-state index in [1.807, 2.05) is 13.0 Å². The molecule has 0 aromatic heterocycles. The van der Waals surface area contributed by atoms with Gasteiger partial charge in [0, 0.05) is 23.4 Å². The standard InChI is InChI=1S/C16H13ClN2O4/c1-10-3-2-4-12(9-10)18-16(21)14(17)15(20)11-5-7-13(8-6-11)19(22)23/h2-9,14H,1H3,(H,18,21)/t14-/m1/s1. The third-order valence-corrected chi connectivity index (χ3v) is 3.51. The van der Waals surface area contributed by atoms with Crippen LogP contribution >= 0.6 is 11.6 Å². The Labute approximate surface area is 137 Å². The van der Waals surface area contributed by atoms with Crippen molar-refractivity contribution in [1.82, 2.24) is 0 Å². The molecule has 7 heteroatoms. The summed E-state index contributed by atoms with van der Waals surface area (Å²) < 4.78 is 0. The molecule has 0 fully saturated rings. The molecule has 0 aliphatic heterocycles. The molecule has 1 N–H and O–H groups in total. The van der Waals surface area contributed by atoms with Crippen molar-refractivity contribution < 1.29 is 14.5 Å². The number of benzene rings is 2. The van der Waals surface area contributed by atoms with Crippen LogP contribution in [0.5, 0.6) is 0 Å². The van der Waals surface area contributed by atoms with Gasteiger partial charge in [0.1, 0.15) is 0 Å². The Morgan fingerprint density at radius 3 is 2.39 bits per heavy atom. The summed E-state index contributed by atoms with van der Waals surface area (Å²) in [5, 5.41) is 11.7. The van der Waals surface area contributed by atoms with Gasteiger partial charge >= 0.3 is 0 Å². The van der Waals surface area contributed by atoms with Gasteiger partial charge in [-0.2, -0.15) is 0 Å². The van der Waals surface area contributed by atoms with Crippen LogP contribution in [0.15, 0.2) is 48.5 Å². The first-order valence-electron chi connectivity index (χ1n) is 6.69. The number of nitrogens with zero attached hydrogens (tertiary/aromatic N) is 1. The fraction of sp³-hybridized carbons (Fsp3) is 0.125. The lowest BCUT2D eigenvalue weighted by Gasteiger charge is -2.10. The van der Waals surface area contributed by atoms with Crippen molar-refractivity contribution in [2.45, 2.75) is 12.3 Å². The molecule has 0 saturated heterocycles. The van der Waals surface area contributed by atoms with Gasteiger partial charge in [0.2, 0.25) is 5.91 Å². The van der Waals surface area contributed by atoms with Crippen LogP contribution in [0, 0.1) is 17.0 Å². The molecule has 6 nitrogen and oxygen atoms in total. The lowest BCUT2D eigenvalue weighted by molar-refractivity contribution is -0.384. The Balaban J connectivity index is 2.09. The normalized spacial score (nSPS) is 11.6. The number of hydrogen-bond donors (Lipinski definition) is 1. The quantitative estimate of drug-likeness (QED) is 0.299. The van der Waals surface area contributed by atoms with E-state index in [1.54, 1.807) is 18.2 Å². The zero-order valence-electron chi connectivity index (χ0n) is 12.2. The van der Waals surface area contributed by atoms with Crippen LogP contribution in [0.1, 0.15) is 15.9 Å². The van der Waals surface area contributed by atoms with E-state index in [4.69, 9.17) is 11.6 Å². The predicted molar refractivity (Wildman–Crippen MR) is 86.9 cm³/mol. The minimum Gasteiger partial charge on any atom is -0.324 e. The van der Waals surface area contributed by atoms with Gasteiger partial charge in [0.15, 0.2) is 11.2 Å². The summed E-state index contributed by atoms with van der Waals surface area (Å²) in [6, 6.07) is 12.0. The maximum absolute atomic E-state index is 12.2. The highest BCUT2D eigenvalue weighted by molar-refractivity contribution is 6.45. The van der Waals surface area contributed by atoms with E-state index in [9.17, 15) is 19.7 Å². The fourth-order valence-electron chi connectivity index (χ4n) is 1.94. The largest absolute Gasteiger partial charge is 0.324 e. The first-order valence-corrected chi connectivity index (χ1v) is 7.12. The summed E-state index contributed by atoms with van der Waals surface area (Å²) in [5.74, 6) is -1.27. The van der Waals surface area contributed by atoms with Gasteiger partial charge in [-0.3, -0.25) is 19.7 Å². The number of amides is 1. The van der Waals surface area contributed by atoms with Crippen molar-refractivity contribution in [2.75, 3.05) is 5.32 Å². The summed E-state index contributed by atoms with van der Waals surface area (Å²) in [7, 11) is 0. The topological polar surface area (TPSA) is 89.3 Å². The molecule has 0 spiro atoms. The first-order chi connectivity index (χ1) is 10.9. The highest BCUT2D eigenvalue weighted by atomic mass is 35.5. The number of alkyl halides is 1. The van der Waals surface area contributed by atoms with Crippen molar-refractivity contribution in [3.8, 4) is 0 Å². The van der Waals surface area contributed by atoms with Crippen LogP contribution in [0.3, 0.4) is 0 Å². The van der Waals surface area contributed by atoms with Gasteiger partial charge in [0.05, 0.1) is 4.92 Å². The average molecular weight is 333 g/mol. The van der Waals surface area contributed by atoms with E-state index < -0.39 is 22.0 Å². The van der Waals surface area contributed by atoms with Crippen LogP contribution in [0.25, 0.3) is 0 Å². The van der Waals surface area contributed by atoms with E-state index in [-0.39, 0.29) is 11.3 Å². The number of aryl methyl sites for hydroxylation is 1. The van der Waals surface area contributed by atoms with E-state index in [0.29, 0.717) is 5.69 Å². The molecular weight excluding hydrogens is 320 g/mol. The molecule has 2 aromatic carbocycles. The Morgan fingerprint density at radius 2 is 1.83 bits per heavy atom. The number of Topliss-reactive ketones (excluding diaryl/α,β-unsaturated/α-hetero) is 1. The fourth-order valence-corrected chi connectivity index (χ4v) is 2.12. The second-order valence-electron chi connectivity index (χ2n) is 4.89. The summed E-state index contributed by atoms with van der Waals surface area (Å²) in [6.07, 6.45) is 0. The molecule has 0 aliphatic rings. The number of hydrogen-bond acceptors (Lipinski definition) is 4. The number of ketones is 1. The van der Waals surface area contributed by atoms with Gasteiger partial charge in [0.25, 0.3) is 5.69 Å². The van der Waals surface area contributed by atoms with Crippen LogP contribution in [-0.4, -0.2) is 22.0 Å². The van der Waals surface area contributed by atoms with Crippen molar-refractivity contribution in [2.24, 2.45) is 0 Å². The van der Waals surface area contributed by atoms with Crippen molar-refractivity contribution in [3.05, 3.63) is 69.8 Å². The molecule has 0 bridgehead atoms. The van der Waals surface area contributed by atoms with Crippen LogP contribution in [-0.2, 0) is 4.79 Å². The maximum Gasteiger partial charge on any atom is 0.269 e. The van der Waals surface area contributed by atoms with Gasteiger partial charge in [-0.05, 0) is 36.8 Å². The Bertz CT molecular complexity index is 759. The van der Waals surface area contributed by atoms with Gasteiger partial charge in [-0.25, -0.2) is 0 Å². The second kappa shape index (κ2) is 7.02. The summed E-state index contributed by atoms with van der Waals surface area (Å²) in [5.41, 5.74) is 1.49. The Hall–Kier alpha value is -2.73. The summed E-state index contributed by atoms with van der Waals surface area (Å²) >= 11 is 5.91. The molecule has 0 saturated carbocycles. The molecule has 2 rings (SSSR count). The number of nitro benzene ring substituents is 1. The monoisotopic (exact) mass is 332 g/mol. The predicted octanol–water partition coefficient (Wildman–Crippen LogP) is 3.33. The SMILES string of the molecule is Cc1cccc(NC(=O)[C@H](Cl)C(=O)c2ccc([N+](=O)[O-])cc2)c1. The number of halogens is 1. The molecule has 23 heavy (non-hydrogen) atoms. The number of anilines is 1. The van der Waals surface area contributed by atoms with Gasteiger partial charge in [-0.1, -0.05) is 12.1 Å². The van der Waals surface area contributed by atoms with Crippen LogP contribution in [0.4, 0.5) is 11.4 Å². The number of carbonyl (C=O) groups is 2.